The number of hydrogen-bond acceptors (Lipinski definition) is 2. The molecule has 0 aromatic heterocycles. The zero-order valence-corrected chi connectivity index (χ0v) is 17.4. The molecule has 3 aromatic rings. The van der Waals surface area contributed by atoms with Gasteiger partial charge in [0.25, 0.3) is 5.91 Å². The molecule has 0 saturated heterocycles. The predicted molar refractivity (Wildman–Crippen MR) is 116 cm³/mol. The van der Waals surface area contributed by atoms with Crippen LogP contribution in [-0.2, 0) is 17.8 Å². The molecule has 0 fully saturated rings. The highest BCUT2D eigenvalue weighted by molar-refractivity contribution is 5.76. The summed E-state index contributed by atoms with van der Waals surface area (Å²) in [6.07, 6.45) is 0.961. The largest absolute Gasteiger partial charge is 0.497 e. The molecule has 1 amide bonds. The Kier molecular flexibility index (Phi) is 7.57. The SMILES string of the molecule is CCc1ccc([C@@H]([NH2+]CC(=O)NCc2ccc(OC)cc2)c2cccc(F)c2)cc1. The Bertz CT molecular complexity index is 956. The fourth-order valence-corrected chi connectivity index (χ4v) is 3.37. The Balaban J connectivity index is 1.65. The smallest absolute Gasteiger partial charge is 0.275 e. The first-order chi connectivity index (χ1) is 14.6. The minimum Gasteiger partial charge on any atom is -0.497 e. The second-order valence-electron chi connectivity index (χ2n) is 7.19. The summed E-state index contributed by atoms with van der Waals surface area (Å²) in [5.74, 6) is 0.433. The zero-order chi connectivity index (χ0) is 21.3. The molecule has 0 aliphatic heterocycles. The van der Waals surface area contributed by atoms with E-state index in [1.54, 1.807) is 13.2 Å². The van der Waals surface area contributed by atoms with Gasteiger partial charge in [0.15, 0.2) is 6.54 Å². The molecule has 0 saturated carbocycles. The van der Waals surface area contributed by atoms with Crippen LogP contribution in [0.5, 0.6) is 5.75 Å². The van der Waals surface area contributed by atoms with E-state index in [0.717, 1.165) is 28.9 Å². The summed E-state index contributed by atoms with van der Waals surface area (Å²) >= 11 is 0. The highest BCUT2D eigenvalue weighted by Gasteiger charge is 2.19. The van der Waals surface area contributed by atoms with Crippen LogP contribution in [0.15, 0.2) is 72.8 Å². The van der Waals surface area contributed by atoms with E-state index in [1.165, 1.54) is 17.7 Å². The monoisotopic (exact) mass is 407 g/mol. The van der Waals surface area contributed by atoms with Gasteiger partial charge in [-0.2, -0.15) is 0 Å². The topological polar surface area (TPSA) is 54.9 Å². The van der Waals surface area contributed by atoms with Crippen molar-refractivity contribution >= 4 is 5.91 Å². The van der Waals surface area contributed by atoms with Crippen LogP contribution >= 0.6 is 0 Å². The molecule has 5 heteroatoms. The summed E-state index contributed by atoms with van der Waals surface area (Å²) in [6, 6.07) is 22.3. The Morgan fingerprint density at radius 1 is 1.00 bits per heavy atom. The summed E-state index contributed by atoms with van der Waals surface area (Å²) < 4.78 is 19.0. The maximum absolute atomic E-state index is 13.8. The molecule has 3 aromatic carbocycles. The number of rotatable bonds is 9. The van der Waals surface area contributed by atoms with Gasteiger partial charge in [-0.15, -0.1) is 0 Å². The highest BCUT2D eigenvalue weighted by Crippen LogP contribution is 2.20. The molecule has 3 N–H and O–H groups in total. The van der Waals surface area contributed by atoms with Crippen LogP contribution in [0.1, 0.15) is 35.2 Å². The van der Waals surface area contributed by atoms with Gasteiger partial charge in [0.05, 0.1) is 7.11 Å². The number of aryl methyl sites for hydroxylation is 1. The van der Waals surface area contributed by atoms with Gasteiger partial charge in [0.1, 0.15) is 17.6 Å². The Morgan fingerprint density at radius 2 is 1.70 bits per heavy atom. The fraction of sp³-hybridized carbons (Fsp3) is 0.240. The van der Waals surface area contributed by atoms with Crippen LogP contribution in [0.25, 0.3) is 0 Å². The maximum atomic E-state index is 13.8. The van der Waals surface area contributed by atoms with Crippen LogP contribution in [0, 0.1) is 5.82 Å². The molecule has 0 spiro atoms. The number of carbonyl (C=O) groups excluding carboxylic acids is 1. The highest BCUT2D eigenvalue weighted by atomic mass is 19.1. The van der Waals surface area contributed by atoms with Gasteiger partial charge in [-0.3, -0.25) is 4.79 Å². The molecule has 0 radical (unpaired) electrons. The first kappa shape index (κ1) is 21.5. The summed E-state index contributed by atoms with van der Waals surface area (Å²) in [5.41, 5.74) is 4.12. The van der Waals surface area contributed by atoms with Crippen molar-refractivity contribution in [1.82, 2.24) is 5.32 Å². The quantitative estimate of drug-likeness (QED) is 0.572. The second kappa shape index (κ2) is 10.6. The Hall–Kier alpha value is -3.18. The average molecular weight is 408 g/mol. The number of nitrogens with two attached hydrogens (primary N) is 1. The third-order valence-corrected chi connectivity index (χ3v) is 5.14. The van der Waals surface area contributed by atoms with E-state index in [1.807, 2.05) is 35.6 Å². The third kappa shape index (κ3) is 5.91. The van der Waals surface area contributed by atoms with E-state index in [2.05, 4.69) is 36.5 Å². The molecule has 0 heterocycles. The van der Waals surface area contributed by atoms with Crippen molar-refractivity contribution in [3.8, 4) is 5.75 Å². The first-order valence-electron chi connectivity index (χ1n) is 10.2. The lowest BCUT2D eigenvalue weighted by molar-refractivity contribution is -0.676. The van der Waals surface area contributed by atoms with Gasteiger partial charge in [0, 0.05) is 17.7 Å². The summed E-state index contributed by atoms with van der Waals surface area (Å²) in [4.78, 5) is 12.4. The lowest BCUT2D eigenvalue weighted by Crippen LogP contribution is -2.87. The number of hydrogen-bond donors (Lipinski definition) is 2. The molecule has 0 unspecified atom stereocenters. The molecule has 1 atom stereocenters. The molecule has 0 aliphatic rings. The van der Waals surface area contributed by atoms with E-state index in [9.17, 15) is 9.18 Å². The van der Waals surface area contributed by atoms with Gasteiger partial charge in [0.2, 0.25) is 0 Å². The minimum atomic E-state index is -0.278. The van der Waals surface area contributed by atoms with Crippen LogP contribution < -0.4 is 15.4 Å². The number of benzene rings is 3. The van der Waals surface area contributed by atoms with Crippen molar-refractivity contribution in [1.29, 1.82) is 0 Å². The van der Waals surface area contributed by atoms with Gasteiger partial charge < -0.3 is 15.4 Å². The molecule has 4 nitrogen and oxygen atoms in total. The van der Waals surface area contributed by atoms with E-state index in [-0.39, 0.29) is 24.3 Å². The number of ether oxygens (including phenoxy) is 1. The molecule has 3 rings (SSSR count). The summed E-state index contributed by atoms with van der Waals surface area (Å²) in [6.45, 7) is 2.80. The predicted octanol–water partition coefficient (Wildman–Crippen LogP) is 3.37. The molecule has 0 aliphatic carbocycles. The molecular formula is C25H28FN2O2+. The lowest BCUT2D eigenvalue weighted by Gasteiger charge is -2.17. The zero-order valence-electron chi connectivity index (χ0n) is 17.4. The number of halogens is 1. The van der Waals surface area contributed by atoms with Gasteiger partial charge in [-0.25, -0.2) is 4.39 Å². The van der Waals surface area contributed by atoms with Crippen molar-refractivity contribution in [3.63, 3.8) is 0 Å². The van der Waals surface area contributed by atoms with Crippen molar-refractivity contribution in [3.05, 3.63) is 101 Å². The van der Waals surface area contributed by atoms with Crippen molar-refractivity contribution < 1.29 is 19.2 Å². The average Bonchev–Trinajstić information content (AvgIpc) is 2.78. The number of amides is 1. The van der Waals surface area contributed by atoms with Gasteiger partial charge in [-0.1, -0.05) is 55.5 Å². The molecule has 30 heavy (non-hydrogen) atoms. The Morgan fingerprint density at radius 3 is 2.33 bits per heavy atom. The van der Waals surface area contributed by atoms with E-state index in [4.69, 9.17) is 4.74 Å². The number of nitrogens with one attached hydrogen (secondary N) is 1. The fourth-order valence-electron chi connectivity index (χ4n) is 3.37. The number of carbonyl (C=O) groups is 1. The van der Waals surface area contributed by atoms with E-state index in [0.29, 0.717) is 6.54 Å². The lowest BCUT2D eigenvalue weighted by atomic mass is 9.97. The molecule has 0 bridgehead atoms. The van der Waals surface area contributed by atoms with Crippen molar-refractivity contribution in [2.24, 2.45) is 0 Å². The second-order valence-corrected chi connectivity index (χ2v) is 7.19. The number of methoxy groups -OCH3 is 1. The number of quaternary nitrogens is 1. The maximum Gasteiger partial charge on any atom is 0.275 e. The molecule has 156 valence electrons. The van der Waals surface area contributed by atoms with Crippen LogP contribution in [0.4, 0.5) is 4.39 Å². The third-order valence-electron chi connectivity index (χ3n) is 5.14. The van der Waals surface area contributed by atoms with Crippen LogP contribution in [0.2, 0.25) is 0 Å². The van der Waals surface area contributed by atoms with Crippen molar-refractivity contribution in [2.45, 2.75) is 25.9 Å². The first-order valence-corrected chi connectivity index (χ1v) is 10.2. The van der Waals surface area contributed by atoms with Gasteiger partial charge in [-0.05, 0) is 41.8 Å². The summed E-state index contributed by atoms with van der Waals surface area (Å²) in [7, 11) is 1.62. The summed E-state index contributed by atoms with van der Waals surface area (Å²) in [5, 5.41) is 4.88. The minimum absolute atomic E-state index is 0.0719. The van der Waals surface area contributed by atoms with Crippen molar-refractivity contribution in [2.75, 3.05) is 13.7 Å². The normalized spacial score (nSPS) is 11.7. The standard InChI is InChI=1S/C25H27FN2O2/c1-3-18-7-11-20(12-8-18)25(21-5-4-6-22(26)15-21)28-17-24(29)27-16-19-9-13-23(30-2)14-10-19/h4-15,25,28H,3,16-17H2,1-2H3,(H,27,29)/p+1/t25-/m1/s1. The Labute approximate surface area is 177 Å². The van der Waals surface area contributed by atoms with E-state index < -0.39 is 0 Å². The molecular weight excluding hydrogens is 379 g/mol. The van der Waals surface area contributed by atoms with Crippen LogP contribution in [-0.4, -0.2) is 19.6 Å². The van der Waals surface area contributed by atoms with E-state index >= 15 is 0 Å². The van der Waals surface area contributed by atoms with Crippen LogP contribution in [0.3, 0.4) is 0 Å². The van der Waals surface area contributed by atoms with Gasteiger partial charge >= 0.3 is 0 Å².